The Morgan fingerprint density at radius 2 is 0.893 bits per heavy atom. The minimum absolute atomic E-state index is 0.876. The summed E-state index contributed by atoms with van der Waals surface area (Å²) in [5, 5.41) is 9.51. The van der Waals surface area contributed by atoms with Crippen LogP contribution in [-0.4, -0.2) is 0 Å². The minimum Gasteiger partial charge on any atom is -0.455 e. The molecular weight excluding hydrogens is 679 g/mol. The zero-order valence-electron chi connectivity index (χ0n) is 30.6. The number of benzene rings is 10. The van der Waals surface area contributed by atoms with Crippen LogP contribution in [0.2, 0.25) is 0 Å². The second-order valence-corrected chi connectivity index (χ2v) is 14.4. The molecule has 0 fully saturated rings. The SMILES string of the molecule is c1ccc(-c2ccc(N(c3ccc4oc5c6ccccc6ccc5c4c3)c3ccccc3-c3ccccc3-c3cc4ccccc4c4ccccc34)cc2)cc1. The highest BCUT2D eigenvalue weighted by atomic mass is 16.3. The van der Waals surface area contributed by atoms with Gasteiger partial charge in [0, 0.05) is 33.1 Å². The van der Waals surface area contributed by atoms with Crippen molar-refractivity contribution in [2.45, 2.75) is 0 Å². The quantitative estimate of drug-likeness (QED) is 0.160. The smallest absolute Gasteiger partial charge is 0.143 e. The maximum absolute atomic E-state index is 6.58. The Hall–Kier alpha value is -7.42. The van der Waals surface area contributed by atoms with Crippen LogP contribution < -0.4 is 4.90 Å². The number of anilines is 3. The average molecular weight is 714 g/mol. The summed E-state index contributed by atoms with van der Waals surface area (Å²) in [6.45, 7) is 0. The van der Waals surface area contributed by atoms with Gasteiger partial charge >= 0.3 is 0 Å². The van der Waals surface area contributed by atoms with Crippen molar-refractivity contribution >= 4 is 71.3 Å². The third kappa shape index (κ3) is 5.26. The second kappa shape index (κ2) is 13.2. The molecule has 0 N–H and O–H groups in total. The summed E-state index contributed by atoms with van der Waals surface area (Å²) in [7, 11) is 0. The van der Waals surface area contributed by atoms with E-state index in [2.05, 4.69) is 217 Å². The predicted molar refractivity (Wildman–Crippen MR) is 237 cm³/mol. The van der Waals surface area contributed by atoms with Gasteiger partial charge in [0.15, 0.2) is 0 Å². The average Bonchev–Trinajstić information content (AvgIpc) is 3.66. The van der Waals surface area contributed by atoms with E-state index in [1.165, 1.54) is 54.7 Å². The van der Waals surface area contributed by atoms with Gasteiger partial charge in [-0.25, -0.2) is 0 Å². The lowest BCUT2D eigenvalue weighted by Gasteiger charge is -2.29. The molecule has 1 aromatic heterocycles. The van der Waals surface area contributed by atoms with Gasteiger partial charge in [0.05, 0.1) is 5.69 Å². The number of hydrogen-bond acceptors (Lipinski definition) is 2. The molecular formula is C54H35NO. The zero-order chi connectivity index (χ0) is 37.0. The fourth-order valence-electron chi connectivity index (χ4n) is 8.62. The maximum atomic E-state index is 6.58. The molecule has 0 spiro atoms. The van der Waals surface area contributed by atoms with Crippen molar-refractivity contribution in [2.24, 2.45) is 0 Å². The molecule has 0 aliphatic carbocycles. The van der Waals surface area contributed by atoms with Crippen LogP contribution in [0.1, 0.15) is 0 Å². The van der Waals surface area contributed by atoms with Crippen LogP contribution in [0.25, 0.3) is 87.6 Å². The first-order valence-electron chi connectivity index (χ1n) is 19.2. The van der Waals surface area contributed by atoms with Crippen molar-refractivity contribution in [3.05, 3.63) is 212 Å². The fraction of sp³-hybridized carbons (Fsp3) is 0. The number of nitrogens with zero attached hydrogens (tertiary/aromatic N) is 1. The molecule has 10 aromatic carbocycles. The highest BCUT2D eigenvalue weighted by Gasteiger charge is 2.22. The number of fused-ring (bicyclic) bond motifs is 8. The van der Waals surface area contributed by atoms with E-state index < -0.39 is 0 Å². The molecule has 0 aliphatic rings. The van der Waals surface area contributed by atoms with Crippen LogP contribution in [0.15, 0.2) is 217 Å². The summed E-state index contributed by atoms with van der Waals surface area (Å²) < 4.78 is 6.58. The molecule has 56 heavy (non-hydrogen) atoms. The molecule has 0 saturated heterocycles. The molecule has 0 amide bonds. The standard InChI is InChI=1S/C54H35NO/c1-2-14-36(15-3-1)37-26-29-40(30-27-37)55(41-31-33-53-51(35-41)49-32-28-38-16-4-7-19-43(38)54(49)56-53)52-25-13-12-24-48(52)45-21-9-11-23-47(45)50-34-39-17-5-6-18-42(39)44-20-8-10-22-46(44)50/h1-35H. The van der Waals surface area contributed by atoms with Crippen LogP contribution in [0.3, 0.4) is 0 Å². The first-order chi connectivity index (χ1) is 27.8. The first kappa shape index (κ1) is 32.0. The molecule has 262 valence electrons. The topological polar surface area (TPSA) is 16.4 Å². The van der Waals surface area contributed by atoms with E-state index >= 15 is 0 Å². The molecule has 11 rings (SSSR count). The van der Waals surface area contributed by atoms with Gasteiger partial charge in [0.2, 0.25) is 0 Å². The fourth-order valence-corrected chi connectivity index (χ4v) is 8.62. The zero-order valence-corrected chi connectivity index (χ0v) is 30.6. The van der Waals surface area contributed by atoms with Gasteiger partial charge in [-0.1, -0.05) is 164 Å². The van der Waals surface area contributed by atoms with E-state index in [0.29, 0.717) is 0 Å². The summed E-state index contributed by atoms with van der Waals surface area (Å²) in [5.41, 5.74) is 12.1. The molecule has 2 nitrogen and oxygen atoms in total. The van der Waals surface area contributed by atoms with E-state index in [1.807, 2.05) is 0 Å². The highest BCUT2D eigenvalue weighted by Crippen LogP contribution is 2.47. The molecule has 11 aromatic rings. The lowest BCUT2D eigenvalue weighted by Crippen LogP contribution is -2.11. The Labute approximate surface area is 325 Å². The number of furan rings is 1. The molecule has 0 unspecified atom stereocenters. The minimum atomic E-state index is 0.876. The van der Waals surface area contributed by atoms with E-state index in [1.54, 1.807) is 0 Å². The molecule has 2 heteroatoms. The largest absolute Gasteiger partial charge is 0.455 e. The van der Waals surface area contributed by atoms with Gasteiger partial charge in [-0.3, -0.25) is 0 Å². The lowest BCUT2D eigenvalue weighted by molar-refractivity contribution is 0.672. The lowest BCUT2D eigenvalue weighted by atomic mass is 9.88. The number of hydrogen-bond donors (Lipinski definition) is 0. The Kier molecular flexibility index (Phi) is 7.53. The molecule has 0 aliphatic heterocycles. The van der Waals surface area contributed by atoms with E-state index in [9.17, 15) is 0 Å². The van der Waals surface area contributed by atoms with E-state index in [-0.39, 0.29) is 0 Å². The van der Waals surface area contributed by atoms with Crippen molar-refractivity contribution in [3.8, 4) is 33.4 Å². The molecule has 0 radical (unpaired) electrons. The Morgan fingerprint density at radius 3 is 1.70 bits per heavy atom. The van der Waals surface area contributed by atoms with Gasteiger partial charge in [0.25, 0.3) is 0 Å². The summed E-state index contributed by atoms with van der Waals surface area (Å²) in [6.07, 6.45) is 0. The summed E-state index contributed by atoms with van der Waals surface area (Å²) in [4.78, 5) is 2.40. The summed E-state index contributed by atoms with van der Waals surface area (Å²) in [6, 6.07) is 76.5. The van der Waals surface area contributed by atoms with E-state index in [0.717, 1.165) is 50.0 Å². The molecule has 0 atom stereocenters. The third-order valence-electron chi connectivity index (χ3n) is 11.3. The second-order valence-electron chi connectivity index (χ2n) is 14.4. The van der Waals surface area contributed by atoms with Crippen LogP contribution >= 0.6 is 0 Å². The van der Waals surface area contributed by atoms with Gasteiger partial charge in [-0.15, -0.1) is 0 Å². The van der Waals surface area contributed by atoms with Crippen LogP contribution in [0.4, 0.5) is 17.1 Å². The van der Waals surface area contributed by atoms with Gasteiger partial charge < -0.3 is 9.32 Å². The molecule has 0 saturated carbocycles. The molecule has 1 heterocycles. The Balaban J connectivity index is 1.14. The Bertz CT molecular complexity index is 3250. The normalized spacial score (nSPS) is 11.6. The van der Waals surface area contributed by atoms with Crippen molar-refractivity contribution in [1.29, 1.82) is 0 Å². The Morgan fingerprint density at radius 1 is 0.304 bits per heavy atom. The summed E-state index contributed by atoms with van der Waals surface area (Å²) >= 11 is 0. The monoisotopic (exact) mass is 713 g/mol. The van der Waals surface area contributed by atoms with Crippen LogP contribution in [0.5, 0.6) is 0 Å². The van der Waals surface area contributed by atoms with Crippen molar-refractivity contribution in [3.63, 3.8) is 0 Å². The van der Waals surface area contributed by atoms with Crippen LogP contribution in [-0.2, 0) is 0 Å². The molecule has 0 bridgehead atoms. The first-order valence-corrected chi connectivity index (χ1v) is 19.2. The third-order valence-corrected chi connectivity index (χ3v) is 11.3. The number of rotatable bonds is 6. The van der Waals surface area contributed by atoms with E-state index in [4.69, 9.17) is 4.42 Å². The van der Waals surface area contributed by atoms with Crippen molar-refractivity contribution in [2.75, 3.05) is 4.90 Å². The highest BCUT2D eigenvalue weighted by molar-refractivity contribution is 6.17. The maximum Gasteiger partial charge on any atom is 0.143 e. The number of para-hydroxylation sites is 1. The van der Waals surface area contributed by atoms with Crippen LogP contribution in [0, 0.1) is 0 Å². The van der Waals surface area contributed by atoms with Gasteiger partial charge in [-0.2, -0.15) is 0 Å². The van der Waals surface area contributed by atoms with Gasteiger partial charge in [-0.05, 0) is 103 Å². The van der Waals surface area contributed by atoms with Gasteiger partial charge in [0.1, 0.15) is 11.2 Å². The van der Waals surface area contributed by atoms with Crippen molar-refractivity contribution < 1.29 is 4.42 Å². The van der Waals surface area contributed by atoms with Crippen molar-refractivity contribution in [1.82, 2.24) is 0 Å². The predicted octanol–water partition coefficient (Wildman–Crippen LogP) is 15.5. The summed E-state index contributed by atoms with van der Waals surface area (Å²) in [5.74, 6) is 0.